The van der Waals surface area contributed by atoms with E-state index < -0.39 is 5.54 Å². The molecule has 1 aromatic carbocycles. The molecule has 21 heavy (non-hydrogen) atoms. The van der Waals surface area contributed by atoms with Crippen molar-refractivity contribution in [2.24, 2.45) is 0 Å². The second-order valence-electron chi connectivity index (χ2n) is 5.81. The Bertz CT molecular complexity index is 524. The zero-order chi connectivity index (χ0) is 14.7. The van der Waals surface area contributed by atoms with E-state index in [1.165, 1.54) is 10.5 Å². The number of piperidine rings is 1. The second-order valence-corrected chi connectivity index (χ2v) is 5.81. The Morgan fingerprint density at radius 1 is 1.10 bits per heavy atom. The highest BCUT2D eigenvalue weighted by atomic mass is 16.2. The highest BCUT2D eigenvalue weighted by molar-refractivity contribution is 6.07. The monoisotopic (exact) mass is 287 g/mol. The molecule has 0 bridgehead atoms. The molecule has 0 saturated carbocycles. The van der Waals surface area contributed by atoms with Gasteiger partial charge in [-0.05, 0) is 44.3 Å². The maximum atomic E-state index is 12.5. The van der Waals surface area contributed by atoms with Gasteiger partial charge in [-0.25, -0.2) is 4.79 Å². The normalized spacial score (nSPS) is 20.9. The number of imide groups is 1. The first-order chi connectivity index (χ1) is 10.2. The molecule has 0 atom stereocenters. The number of urea groups is 1. The topological polar surface area (TPSA) is 61.4 Å². The largest absolute Gasteiger partial charge is 0.325 e. The summed E-state index contributed by atoms with van der Waals surface area (Å²) in [4.78, 5) is 26.0. The lowest BCUT2D eigenvalue weighted by atomic mass is 9.88. The average Bonchev–Trinajstić information content (AvgIpc) is 2.73. The molecule has 112 valence electrons. The number of carbonyl (C=O) groups is 2. The van der Waals surface area contributed by atoms with Crippen LogP contribution in [0, 0.1) is 0 Å². The molecule has 5 nitrogen and oxygen atoms in total. The van der Waals surface area contributed by atoms with Crippen molar-refractivity contribution in [1.29, 1.82) is 0 Å². The predicted octanol–water partition coefficient (Wildman–Crippen LogP) is 1.29. The summed E-state index contributed by atoms with van der Waals surface area (Å²) in [6, 6.07) is 9.91. The van der Waals surface area contributed by atoms with E-state index in [4.69, 9.17) is 0 Å². The van der Waals surface area contributed by atoms with Crippen molar-refractivity contribution in [1.82, 2.24) is 15.5 Å². The van der Waals surface area contributed by atoms with Crippen LogP contribution in [0.4, 0.5) is 4.79 Å². The molecular weight excluding hydrogens is 266 g/mol. The summed E-state index contributed by atoms with van der Waals surface area (Å²) in [5.41, 5.74) is 0.593. The standard InChI is InChI=1S/C16H21N3O2/c20-14-16(8-10-17-11-9-16)18-15(21)19(14)12-4-7-13-5-2-1-3-6-13/h1-3,5-6,17H,4,7-12H2,(H,18,21). The van der Waals surface area contributed by atoms with E-state index in [1.54, 1.807) is 0 Å². The Kier molecular flexibility index (Phi) is 3.92. The van der Waals surface area contributed by atoms with Crippen molar-refractivity contribution in [3.63, 3.8) is 0 Å². The fraction of sp³-hybridized carbons (Fsp3) is 0.500. The van der Waals surface area contributed by atoms with E-state index in [0.717, 1.165) is 25.9 Å². The van der Waals surface area contributed by atoms with Gasteiger partial charge in [-0.1, -0.05) is 30.3 Å². The lowest BCUT2D eigenvalue weighted by Crippen LogP contribution is -2.53. The molecule has 5 heteroatoms. The lowest BCUT2D eigenvalue weighted by molar-refractivity contribution is -0.132. The summed E-state index contributed by atoms with van der Waals surface area (Å²) in [5, 5.41) is 6.14. The van der Waals surface area contributed by atoms with Crippen LogP contribution >= 0.6 is 0 Å². The number of aryl methyl sites for hydroxylation is 1. The number of hydrogen-bond acceptors (Lipinski definition) is 3. The van der Waals surface area contributed by atoms with Crippen molar-refractivity contribution >= 4 is 11.9 Å². The van der Waals surface area contributed by atoms with Crippen molar-refractivity contribution in [3.05, 3.63) is 35.9 Å². The molecule has 1 aromatic rings. The average molecular weight is 287 g/mol. The van der Waals surface area contributed by atoms with Crippen molar-refractivity contribution in [2.75, 3.05) is 19.6 Å². The van der Waals surface area contributed by atoms with Crippen molar-refractivity contribution in [2.45, 2.75) is 31.2 Å². The number of hydrogen-bond donors (Lipinski definition) is 2. The minimum absolute atomic E-state index is 0.0398. The number of benzene rings is 1. The van der Waals surface area contributed by atoms with E-state index in [2.05, 4.69) is 22.8 Å². The number of carbonyl (C=O) groups excluding carboxylic acids is 2. The molecule has 3 amide bonds. The summed E-state index contributed by atoms with van der Waals surface area (Å²) in [7, 11) is 0. The van der Waals surface area contributed by atoms with Crippen molar-refractivity contribution in [3.8, 4) is 0 Å². The third-order valence-corrected chi connectivity index (χ3v) is 4.39. The van der Waals surface area contributed by atoms with Crippen LogP contribution in [0.5, 0.6) is 0 Å². The Balaban J connectivity index is 1.58. The van der Waals surface area contributed by atoms with E-state index in [1.807, 2.05) is 18.2 Å². The van der Waals surface area contributed by atoms with E-state index in [-0.39, 0.29) is 11.9 Å². The lowest BCUT2D eigenvalue weighted by Gasteiger charge is -2.31. The van der Waals surface area contributed by atoms with Gasteiger partial charge >= 0.3 is 6.03 Å². The molecule has 1 spiro atoms. The Morgan fingerprint density at radius 2 is 1.81 bits per heavy atom. The van der Waals surface area contributed by atoms with Crippen LogP contribution in [-0.2, 0) is 11.2 Å². The Hall–Kier alpha value is -1.88. The minimum Gasteiger partial charge on any atom is -0.323 e. The van der Waals surface area contributed by atoms with Gasteiger partial charge in [-0.3, -0.25) is 9.69 Å². The van der Waals surface area contributed by atoms with E-state index in [0.29, 0.717) is 19.4 Å². The molecule has 0 aliphatic carbocycles. The summed E-state index contributed by atoms with van der Waals surface area (Å²) >= 11 is 0. The first-order valence-corrected chi connectivity index (χ1v) is 7.60. The maximum Gasteiger partial charge on any atom is 0.325 e. The number of nitrogens with one attached hydrogen (secondary N) is 2. The molecule has 2 heterocycles. The van der Waals surface area contributed by atoms with Gasteiger partial charge in [-0.15, -0.1) is 0 Å². The number of nitrogens with zero attached hydrogens (tertiary/aromatic N) is 1. The van der Waals surface area contributed by atoms with Gasteiger partial charge in [0.2, 0.25) is 0 Å². The maximum absolute atomic E-state index is 12.5. The van der Waals surface area contributed by atoms with Crippen LogP contribution in [0.1, 0.15) is 24.8 Å². The third kappa shape index (κ3) is 2.78. The second kappa shape index (κ2) is 5.85. The van der Waals surface area contributed by atoms with Crippen LogP contribution in [0.15, 0.2) is 30.3 Å². The molecule has 2 N–H and O–H groups in total. The Labute approximate surface area is 124 Å². The summed E-state index contributed by atoms with van der Waals surface area (Å²) in [6.07, 6.45) is 3.06. The van der Waals surface area contributed by atoms with Gasteiger partial charge in [0.25, 0.3) is 5.91 Å². The Morgan fingerprint density at radius 3 is 2.52 bits per heavy atom. The van der Waals surface area contributed by atoms with Crippen molar-refractivity contribution < 1.29 is 9.59 Å². The zero-order valence-electron chi connectivity index (χ0n) is 12.1. The van der Waals surface area contributed by atoms with Gasteiger partial charge in [-0.2, -0.15) is 0 Å². The van der Waals surface area contributed by atoms with E-state index in [9.17, 15) is 9.59 Å². The fourth-order valence-corrected chi connectivity index (χ4v) is 3.16. The zero-order valence-corrected chi connectivity index (χ0v) is 12.1. The highest BCUT2D eigenvalue weighted by Gasteiger charge is 2.50. The van der Waals surface area contributed by atoms with Crippen LogP contribution in [0.25, 0.3) is 0 Å². The summed E-state index contributed by atoms with van der Waals surface area (Å²) < 4.78 is 0. The molecule has 2 saturated heterocycles. The summed E-state index contributed by atoms with van der Waals surface area (Å²) in [6.45, 7) is 2.06. The molecular formula is C16H21N3O2. The van der Waals surface area contributed by atoms with Crippen LogP contribution < -0.4 is 10.6 Å². The third-order valence-electron chi connectivity index (χ3n) is 4.39. The molecule has 2 aliphatic heterocycles. The molecule has 0 unspecified atom stereocenters. The SMILES string of the molecule is O=C1NC2(CCNCC2)C(=O)N1CCCc1ccccc1. The first kappa shape index (κ1) is 14.1. The highest BCUT2D eigenvalue weighted by Crippen LogP contribution is 2.27. The molecule has 0 radical (unpaired) electrons. The van der Waals surface area contributed by atoms with E-state index >= 15 is 0 Å². The van der Waals surface area contributed by atoms with Gasteiger partial charge in [0.15, 0.2) is 0 Å². The van der Waals surface area contributed by atoms with Crippen LogP contribution in [0.2, 0.25) is 0 Å². The summed E-state index contributed by atoms with van der Waals surface area (Å²) in [5.74, 6) is -0.0398. The quantitative estimate of drug-likeness (QED) is 0.820. The fourth-order valence-electron chi connectivity index (χ4n) is 3.16. The number of rotatable bonds is 4. The molecule has 2 fully saturated rings. The van der Waals surface area contributed by atoms with Crippen LogP contribution in [0.3, 0.4) is 0 Å². The predicted molar refractivity (Wildman–Crippen MR) is 79.8 cm³/mol. The van der Waals surface area contributed by atoms with Gasteiger partial charge in [0.1, 0.15) is 5.54 Å². The number of amides is 3. The smallest absolute Gasteiger partial charge is 0.323 e. The van der Waals surface area contributed by atoms with Crippen LogP contribution in [-0.4, -0.2) is 42.0 Å². The minimum atomic E-state index is -0.644. The first-order valence-electron chi connectivity index (χ1n) is 7.60. The molecule has 2 aliphatic rings. The van der Waals surface area contributed by atoms with Gasteiger partial charge < -0.3 is 10.6 Å². The van der Waals surface area contributed by atoms with Gasteiger partial charge in [0, 0.05) is 6.54 Å². The van der Waals surface area contributed by atoms with Gasteiger partial charge in [0.05, 0.1) is 0 Å². The molecule has 3 rings (SSSR count). The molecule has 0 aromatic heterocycles.